The number of pyridine rings is 1. The van der Waals surface area contributed by atoms with Crippen molar-refractivity contribution in [2.24, 2.45) is 0 Å². The number of benzene rings is 3. The van der Waals surface area contributed by atoms with Gasteiger partial charge in [0.05, 0.1) is 12.1 Å². The fraction of sp³-hybridized carbons (Fsp3) is 0.0476. The maximum absolute atomic E-state index is 14.1. The Hall–Kier alpha value is -3.47. The van der Waals surface area contributed by atoms with Crippen LogP contribution in [-0.4, -0.2) is 15.6 Å². The van der Waals surface area contributed by atoms with Gasteiger partial charge >= 0.3 is 5.97 Å². The molecule has 1 aromatic heterocycles. The fourth-order valence-electron chi connectivity index (χ4n) is 3.26. The largest absolute Gasteiger partial charge is 0.477 e. The number of aromatic nitrogens is 1. The van der Waals surface area contributed by atoms with Crippen LogP contribution < -0.4 is 5.43 Å². The Labute approximate surface area is 147 Å². The maximum atomic E-state index is 14.1. The summed E-state index contributed by atoms with van der Waals surface area (Å²) in [5.41, 5.74) is 0.148. The first-order valence-electron chi connectivity index (χ1n) is 8.08. The number of carbonyl (C=O) groups is 1. The number of hydrogen-bond acceptors (Lipinski definition) is 2. The van der Waals surface area contributed by atoms with Crippen molar-refractivity contribution in [1.29, 1.82) is 0 Å². The van der Waals surface area contributed by atoms with Crippen LogP contribution in [0, 0.1) is 5.82 Å². The molecule has 0 radical (unpaired) electrons. The van der Waals surface area contributed by atoms with Gasteiger partial charge in [-0.3, -0.25) is 4.79 Å². The lowest BCUT2D eigenvalue weighted by Gasteiger charge is -2.15. The molecule has 0 bridgehead atoms. The molecule has 0 aliphatic carbocycles. The molecule has 0 saturated carbocycles. The molecule has 1 heterocycles. The van der Waals surface area contributed by atoms with E-state index >= 15 is 0 Å². The zero-order chi connectivity index (χ0) is 18.3. The monoisotopic (exact) mass is 347 g/mol. The van der Waals surface area contributed by atoms with Gasteiger partial charge in [0.15, 0.2) is 0 Å². The molecule has 0 fully saturated rings. The van der Waals surface area contributed by atoms with Crippen molar-refractivity contribution < 1.29 is 14.3 Å². The summed E-state index contributed by atoms with van der Waals surface area (Å²) >= 11 is 0. The van der Waals surface area contributed by atoms with Crippen LogP contribution >= 0.6 is 0 Å². The molecule has 0 amide bonds. The van der Waals surface area contributed by atoms with Gasteiger partial charge in [0.2, 0.25) is 5.43 Å². The molecule has 1 N–H and O–H groups in total. The predicted molar refractivity (Wildman–Crippen MR) is 98.2 cm³/mol. The Morgan fingerprint density at radius 3 is 2.46 bits per heavy atom. The summed E-state index contributed by atoms with van der Waals surface area (Å²) in [6, 6.07) is 17.3. The lowest BCUT2D eigenvalue weighted by Crippen LogP contribution is -2.19. The van der Waals surface area contributed by atoms with Crippen LogP contribution in [0.2, 0.25) is 0 Å². The number of halogens is 1. The molecule has 0 aliphatic rings. The summed E-state index contributed by atoms with van der Waals surface area (Å²) in [6.45, 7) is 0.123. The second-order valence-corrected chi connectivity index (χ2v) is 6.08. The van der Waals surface area contributed by atoms with Crippen molar-refractivity contribution in [2.45, 2.75) is 6.54 Å². The van der Waals surface area contributed by atoms with Crippen LogP contribution in [0.3, 0.4) is 0 Å². The molecule has 128 valence electrons. The van der Waals surface area contributed by atoms with E-state index in [9.17, 15) is 19.1 Å². The van der Waals surface area contributed by atoms with Crippen LogP contribution in [-0.2, 0) is 6.54 Å². The van der Waals surface area contributed by atoms with E-state index in [1.165, 1.54) is 12.3 Å². The van der Waals surface area contributed by atoms with E-state index in [2.05, 4.69) is 0 Å². The Balaban J connectivity index is 2.10. The molecule has 0 aliphatic heterocycles. The van der Waals surface area contributed by atoms with E-state index in [1.54, 1.807) is 34.9 Å². The minimum absolute atomic E-state index is 0.123. The van der Waals surface area contributed by atoms with E-state index in [4.69, 9.17) is 0 Å². The average molecular weight is 347 g/mol. The van der Waals surface area contributed by atoms with Crippen LogP contribution in [0.1, 0.15) is 15.9 Å². The second kappa shape index (κ2) is 6.11. The lowest BCUT2D eigenvalue weighted by atomic mass is 10.0. The van der Waals surface area contributed by atoms with Gasteiger partial charge in [0, 0.05) is 22.5 Å². The molecule has 0 unspecified atom stereocenters. The Morgan fingerprint density at radius 2 is 1.69 bits per heavy atom. The molecular weight excluding hydrogens is 333 g/mol. The number of fused-ring (bicyclic) bond motifs is 3. The van der Waals surface area contributed by atoms with Crippen molar-refractivity contribution >= 4 is 27.6 Å². The maximum Gasteiger partial charge on any atom is 0.341 e. The third kappa shape index (κ3) is 2.54. The summed E-state index contributed by atoms with van der Waals surface area (Å²) in [7, 11) is 0. The minimum Gasteiger partial charge on any atom is -0.477 e. The number of carboxylic acids is 1. The van der Waals surface area contributed by atoms with E-state index < -0.39 is 11.4 Å². The third-order valence-electron chi connectivity index (χ3n) is 4.49. The van der Waals surface area contributed by atoms with Gasteiger partial charge in [0.1, 0.15) is 11.4 Å². The summed E-state index contributed by atoms with van der Waals surface area (Å²) in [5, 5.41) is 11.4. The number of carboxylic acid groups (broad SMARTS) is 1. The first-order chi connectivity index (χ1) is 12.6. The molecule has 0 saturated heterocycles. The van der Waals surface area contributed by atoms with Gasteiger partial charge in [0.25, 0.3) is 0 Å². The lowest BCUT2D eigenvalue weighted by molar-refractivity contribution is 0.0695. The fourth-order valence-corrected chi connectivity index (χ4v) is 3.26. The first-order valence-corrected chi connectivity index (χ1v) is 8.08. The van der Waals surface area contributed by atoms with Crippen molar-refractivity contribution in [3.63, 3.8) is 0 Å². The summed E-state index contributed by atoms with van der Waals surface area (Å²) in [5.74, 6) is -1.68. The van der Waals surface area contributed by atoms with Crippen molar-refractivity contribution in [2.75, 3.05) is 0 Å². The number of aromatic carboxylic acids is 1. The quantitative estimate of drug-likeness (QED) is 0.569. The van der Waals surface area contributed by atoms with E-state index in [1.807, 2.05) is 24.3 Å². The molecular formula is C21H14FNO3. The molecule has 0 spiro atoms. The van der Waals surface area contributed by atoms with Gasteiger partial charge in [-0.15, -0.1) is 0 Å². The molecule has 0 atom stereocenters. The standard InChI is InChI=1S/C21H14FNO3/c22-18-8-4-2-6-14(18)11-23-12-17(21(25)26)20(24)16-10-9-13-5-1-3-7-15(13)19(16)23/h1-10,12H,11H2,(H,25,26). The molecule has 5 heteroatoms. The Kier molecular flexibility index (Phi) is 3.77. The third-order valence-corrected chi connectivity index (χ3v) is 4.49. The van der Waals surface area contributed by atoms with E-state index in [0.717, 1.165) is 10.8 Å². The Bertz CT molecular complexity index is 1230. The topological polar surface area (TPSA) is 59.3 Å². The van der Waals surface area contributed by atoms with Gasteiger partial charge in [-0.1, -0.05) is 48.5 Å². The molecule has 3 aromatic carbocycles. The summed E-state index contributed by atoms with van der Waals surface area (Å²) in [6.07, 6.45) is 1.30. The molecule has 4 aromatic rings. The van der Waals surface area contributed by atoms with Crippen LogP contribution in [0.4, 0.5) is 4.39 Å². The van der Waals surface area contributed by atoms with Crippen LogP contribution in [0.25, 0.3) is 21.7 Å². The SMILES string of the molecule is O=C(O)c1cn(Cc2ccccc2F)c2c(ccc3ccccc32)c1=O. The summed E-state index contributed by atoms with van der Waals surface area (Å²) < 4.78 is 15.8. The Morgan fingerprint density at radius 1 is 0.962 bits per heavy atom. The zero-order valence-corrected chi connectivity index (χ0v) is 13.6. The average Bonchev–Trinajstić information content (AvgIpc) is 2.65. The smallest absolute Gasteiger partial charge is 0.341 e. The van der Waals surface area contributed by atoms with Crippen molar-refractivity contribution in [1.82, 2.24) is 4.57 Å². The van der Waals surface area contributed by atoms with E-state index in [0.29, 0.717) is 16.5 Å². The minimum atomic E-state index is -1.30. The van der Waals surface area contributed by atoms with Crippen LogP contribution in [0.15, 0.2) is 71.7 Å². The van der Waals surface area contributed by atoms with Gasteiger partial charge in [-0.25, -0.2) is 9.18 Å². The zero-order valence-electron chi connectivity index (χ0n) is 13.6. The molecule has 4 nitrogen and oxygen atoms in total. The van der Waals surface area contributed by atoms with Gasteiger partial charge < -0.3 is 9.67 Å². The number of rotatable bonds is 3. The predicted octanol–water partition coefficient (Wildman–Crippen LogP) is 4.04. The highest BCUT2D eigenvalue weighted by Gasteiger charge is 2.17. The highest BCUT2D eigenvalue weighted by molar-refractivity contribution is 6.06. The number of nitrogens with zero attached hydrogens (tertiary/aromatic N) is 1. The first kappa shape index (κ1) is 16.0. The van der Waals surface area contributed by atoms with E-state index in [-0.39, 0.29) is 17.9 Å². The molecule has 4 rings (SSSR count). The summed E-state index contributed by atoms with van der Waals surface area (Å²) in [4.78, 5) is 24.1. The van der Waals surface area contributed by atoms with Crippen molar-refractivity contribution in [3.05, 3.63) is 94.0 Å². The van der Waals surface area contributed by atoms with Gasteiger partial charge in [-0.05, 0) is 17.5 Å². The van der Waals surface area contributed by atoms with Crippen LogP contribution in [0.5, 0.6) is 0 Å². The van der Waals surface area contributed by atoms with Crippen molar-refractivity contribution in [3.8, 4) is 0 Å². The normalized spacial score (nSPS) is 11.1. The van der Waals surface area contributed by atoms with Gasteiger partial charge in [-0.2, -0.15) is 0 Å². The highest BCUT2D eigenvalue weighted by atomic mass is 19.1. The highest BCUT2D eigenvalue weighted by Crippen LogP contribution is 2.25. The molecule has 26 heavy (non-hydrogen) atoms. The second-order valence-electron chi connectivity index (χ2n) is 6.08. The number of hydrogen-bond donors (Lipinski definition) is 1.